The molecule has 2 aliphatic heterocycles. The highest BCUT2D eigenvalue weighted by Crippen LogP contribution is 2.20. The number of piperazine rings is 1. The van der Waals surface area contributed by atoms with E-state index in [1.54, 1.807) is 18.0 Å². The van der Waals surface area contributed by atoms with Crippen LogP contribution in [-0.2, 0) is 16.9 Å². The van der Waals surface area contributed by atoms with Crippen molar-refractivity contribution < 1.29 is 13.2 Å². The van der Waals surface area contributed by atoms with Crippen molar-refractivity contribution in [1.29, 1.82) is 0 Å². The molecule has 1 unspecified atom stereocenters. The zero-order chi connectivity index (χ0) is 19.9. The molecule has 28 heavy (non-hydrogen) atoms. The van der Waals surface area contributed by atoms with Crippen LogP contribution in [0.1, 0.15) is 6.42 Å². The first kappa shape index (κ1) is 18.7. The standard InChI is InChI=1S/C18H23N5O4S/c1-21-12-19-16-10-14(2-3-15(16)17(21)24)22-5-7-23(8-6-22)18(25)20-13-4-9-28(26,27)11-13/h2-3,10,12-13H,4-9,11H2,1H3,(H,20,25). The Morgan fingerprint density at radius 2 is 1.96 bits per heavy atom. The Morgan fingerprint density at radius 1 is 1.21 bits per heavy atom. The zero-order valence-corrected chi connectivity index (χ0v) is 16.5. The van der Waals surface area contributed by atoms with E-state index in [1.807, 2.05) is 12.1 Å². The molecular weight excluding hydrogens is 382 g/mol. The number of aromatic nitrogens is 2. The van der Waals surface area contributed by atoms with Gasteiger partial charge >= 0.3 is 6.03 Å². The van der Waals surface area contributed by atoms with Gasteiger partial charge in [0, 0.05) is 45.0 Å². The maximum absolute atomic E-state index is 12.4. The van der Waals surface area contributed by atoms with Crippen LogP contribution >= 0.6 is 0 Å². The van der Waals surface area contributed by atoms with Gasteiger partial charge in [0.1, 0.15) is 0 Å². The molecule has 2 aliphatic rings. The number of benzene rings is 1. The van der Waals surface area contributed by atoms with Gasteiger partial charge in [-0.15, -0.1) is 0 Å². The smallest absolute Gasteiger partial charge is 0.317 e. The van der Waals surface area contributed by atoms with Gasteiger partial charge in [-0.1, -0.05) is 0 Å². The summed E-state index contributed by atoms with van der Waals surface area (Å²) in [5, 5.41) is 3.42. The number of anilines is 1. The first-order chi connectivity index (χ1) is 13.3. The number of rotatable bonds is 2. The minimum Gasteiger partial charge on any atom is -0.368 e. The summed E-state index contributed by atoms with van der Waals surface area (Å²) in [6.07, 6.45) is 2.00. The fourth-order valence-electron chi connectivity index (χ4n) is 3.74. The summed E-state index contributed by atoms with van der Waals surface area (Å²) in [4.78, 5) is 32.7. The summed E-state index contributed by atoms with van der Waals surface area (Å²) in [6.45, 7) is 2.42. The Hall–Kier alpha value is -2.62. The number of aryl methyl sites for hydroxylation is 1. The van der Waals surface area contributed by atoms with E-state index in [1.165, 1.54) is 10.9 Å². The van der Waals surface area contributed by atoms with Crippen molar-refractivity contribution in [3.05, 3.63) is 34.9 Å². The quantitative estimate of drug-likeness (QED) is 0.751. The summed E-state index contributed by atoms with van der Waals surface area (Å²) in [5.41, 5.74) is 1.55. The lowest BCUT2D eigenvalue weighted by atomic mass is 10.2. The summed E-state index contributed by atoms with van der Waals surface area (Å²) >= 11 is 0. The van der Waals surface area contributed by atoms with Gasteiger partial charge in [-0.3, -0.25) is 4.79 Å². The number of sulfone groups is 1. The SMILES string of the molecule is Cn1cnc2cc(N3CCN(C(=O)NC4CCS(=O)(=O)C4)CC3)ccc2c1=O. The maximum Gasteiger partial charge on any atom is 0.317 e. The van der Waals surface area contributed by atoms with Crippen LogP contribution in [0.15, 0.2) is 29.3 Å². The van der Waals surface area contributed by atoms with Gasteiger partial charge in [-0.25, -0.2) is 18.2 Å². The molecule has 2 aromatic rings. The molecule has 2 amide bonds. The van der Waals surface area contributed by atoms with Crippen LogP contribution in [0.25, 0.3) is 10.9 Å². The van der Waals surface area contributed by atoms with Crippen molar-refractivity contribution in [1.82, 2.24) is 19.8 Å². The van der Waals surface area contributed by atoms with E-state index in [0.29, 0.717) is 43.5 Å². The predicted octanol–water partition coefficient (Wildman–Crippen LogP) is -0.0478. The molecule has 4 rings (SSSR count). The van der Waals surface area contributed by atoms with Gasteiger partial charge in [0.15, 0.2) is 9.84 Å². The third-order valence-electron chi connectivity index (χ3n) is 5.39. The topological polar surface area (TPSA) is 105 Å². The van der Waals surface area contributed by atoms with Crippen molar-refractivity contribution in [2.75, 3.05) is 42.6 Å². The summed E-state index contributed by atoms with van der Waals surface area (Å²) in [5.74, 6) is 0.174. The third kappa shape index (κ3) is 3.68. The summed E-state index contributed by atoms with van der Waals surface area (Å²) < 4.78 is 24.5. The van der Waals surface area contributed by atoms with E-state index in [4.69, 9.17) is 0 Å². The van der Waals surface area contributed by atoms with Crippen LogP contribution in [0.3, 0.4) is 0 Å². The lowest BCUT2D eigenvalue weighted by Gasteiger charge is -2.36. The van der Waals surface area contributed by atoms with Gasteiger partial charge in [-0.2, -0.15) is 0 Å². The molecule has 1 atom stereocenters. The summed E-state index contributed by atoms with van der Waals surface area (Å²) in [6, 6.07) is 5.11. The van der Waals surface area contributed by atoms with E-state index < -0.39 is 9.84 Å². The molecule has 150 valence electrons. The molecule has 0 spiro atoms. The molecule has 0 saturated carbocycles. The number of amides is 2. The lowest BCUT2D eigenvalue weighted by molar-refractivity contribution is 0.191. The van der Waals surface area contributed by atoms with E-state index in [9.17, 15) is 18.0 Å². The predicted molar refractivity (Wildman–Crippen MR) is 106 cm³/mol. The van der Waals surface area contributed by atoms with Crippen molar-refractivity contribution in [3.63, 3.8) is 0 Å². The molecular formula is C18H23N5O4S. The van der Waals surface area contributed by atoms with E-state index in [2.05, 4.69) is 15.2 Å². The highest BCUT2D eigenvalue weighted by atomic mass is 32.2. The first-order valence-electron chi connectivity index (χ1n) is 9.29. The van der Waals surface area contributed by atoms with Crippen molar-refractivity contribution in [3.8, 4) is 0 Å². The van der Waals surface area contributed by atoms with Crippen LogP contribution in [0.2, 0.25) is 0 Å². The Balaban J connectivity index is 1.39. The van der Waals surface area contributed by atoms with Crippen molar-refractivity contribution in [2.45, 2.75) is 12.5 Å². The van der Waals surface area contributed by atoms with Crippen molar-refractivity contribution in [2.24, 2.45) is 7.05 Å². The number of nitrogens with one attached hydrogen (secondary N) is 1. The Bertz CT molecular complexity index is 1070. The van der Waals surface area contributed by atoms with E-state index in [-0.39, 0.29) is 29.1 Å². The number of urea groups is 1. The lowest BCUT2D eigenvalue weighted by Crippen LogP contribution is -2.53. The average molecular weight is 405 g/mol. The maximum atomic E-state index is 12.4. The largest absolute Gasteiger partial charge is 0.368 e. The van der Waals surface area contributed by atoms with Crippen LogP contribution in [-0.4, -0.2) is 72.6 Å². The van der Waals surface area contributed by atoms with Gasteiger partial charge in [0.05, 0.1) is 28.7 Å². The molecule has 0 aliphatic carbocycles. The Kier molecular flexibility index (Phi) is 4.74. The normalized spacial score (nSPS) is 21.8. The minimum absolute atomic E-state index is 0.0300. The van der Waals surface area contributed by atoms with E-state index >= 15 is 0 Å². The number of hydrogen-bond donors (Lipinski definition) is 1. The molecule has 0 radical (unpaired) electrons. The van der Waals surface area contributed by atoms with Crippen molar-refractivity contribution >= 4 is 32.5 Å². The number of nitrogens with zero attached hydrogens (tertiary/aromatic N) is 4. The van der Waals surface area contributed by atoms with Crippen LogP contribution in [0.4, 0.5) is 10.5 Å². The van der Waals surface area contributed by atoms with Gasteiger partial charge < -0.3 is 19.7 Å². The highest BCUT2D eigenvalue weighted by Gasteiger charge is 2.31. The fraction of sp³-hybridized carbons (Fsp3) is 0.500. The molecule has 3 heterocycles. The number of hydrogen-bond acceptors (Lipinski definition) is 6. The highest BCUT2D eigenvalue weighted by molar-refractivity contribution is 7.91. The van der Waals surface area contributed by atoms with E-state index in [0.717, 1.165) is 5.69 Å². The first-order valence-corrected chi connectivity index (χ1v) is 11.1. The number of carbonyl (C=O) groups is 1. The molecule has 10 heteroatoms. The Morgan fingerprint density at radius 3 is 2.64 bits per heavy atom. The molecule has 2 fully saturated rings. The second kappa shape index (κ2) is 7.08. The second-order valence-electron chi connectivity index (χ2n) is 7.39. The molecule has 0 bridgehead atoms. The molecule has 1 aromatic carbocycles. The molecule has 2 saturated heterocycles. The Labute approximate surface area is 162 Å². The third-order valence-corrected chi connectivity index (χ3v) is 7.16. The monoisotopic (exact) mass is 405 g/mol. The van der Waals surface area contributed by atoms with Crippen LogP contribution in [0.5, 0.6) is 0 Å². The van der Waals surface area contributed by atoms with Gasteiger partial charge in [0.2, 0.25) is 0 Å². The van der Waals surface area contributed by atoms with Crippen LogP contribution in [0, 0.1) is 0 Å². The van der Waals surface area contributed by atoms with Gasteiger partial charge in [0.25, 0.3) is 5.56 Å². The fourth-order valence-corrected chi connectivity index (χ4v) is 5.41. The van der Waals surface area contributed by atoms with Crippen LogP contribution < -0.4 is 15.8 Å². The molecule has 9 nitrogen and oxygen atoms in total. The number of carbonyl (C=O) groups excluding carboxylic acids is 1. The minimum atomic E-state index is -3.01. The average Bonchev–Trinajstić information content (AvgIpc) is 3.03. The number of fused-ring (bicyclic) bond motifs is 1. The molecule has 1 N–H and O–H groups in total. The molecule has 1 aromatic heterocycles. The summed E-state index contributed by atoms with van der Waals surface area (Å²) in [7, 11) is -1.34. The van der Waals surface area contributed by atoms with Gasteiger partial charge in [-0.05, 0) is 24.6 Å². The second-order valence-corrected chi connectivity index (χ2v) is 9.61. The zero-order valence-electron chi connectivity index (χ0n) is 15.7.